The van der Waals surface area contributed by atoms with Gasteiger partial charge in [0, 0.05) is 19.4 Å². The van der Waals surface area contributed by atoms with Gasteiger partial charge in [-0.05, 0) is 24.1 Å². The Bertz CT molecular complexity index is 1110. The number of aromatic nitrogens is 1. The van der Waals surface area contributed by atoms with E-state index in [2.05, 4.69) is 4.98 Å². The first-order valence-corrected chi connectivity index (χ1v) is 10.5. The summed E-state index contributed by atoms with van der Waals surface area (Å²) >= 11 is 0. The third-order valence-corrected chi connectivity index (χ3v) is 5.00. The van der Waals surface area contributed by atoms with Crippen molar-refractivity contribution in [1.29, 1.82) is 0 Å². The number of nitrogens with zero attached hydrogens (tertiary/aromatic N) is 2. The van der Waals surface area contributed by atoms with Crippen molar-refractivity contribution in [2.45, 2.75) is 39.3 Å². The van der Waals surface area contributed by atoms with E-state index >= 15 is 0 Å². The average Bonchev–Trinajstić information content (AvgIpc) is 2.80. The van der Waals surface area contributed by atoms with Gasteiger partial charge in [0.1, 0.15) is 23.9 Å². The quantitative estimate of drug-likeness (QED) is 0.391. The number of rotatable bonds is 8. The Morgan fingerprint density at radius 1 is 1.00 bits per heavy atom. The zero-order chi connectivity index (χ0) is 23.1. The van der Waals surface area contributed by atoms with Crippen LogP contribution in [0.2, 0.25) is 0 Å². The Balaban J connectivity index is 1.81. The molecule has 0 unspecified atom stereocenters. The normalized spacial score (nSPS) is 11.6. The maximum Gasteiger partial charge on any atom is 0.329 e. The zero-order valence-electron chi connectivity index (χ0n) is 18.4. The van der Waals surface area contributed by atoms with Crippen molar-refractivity contribution < 1.29 is 23.9 Å². The van der Waals surface area contributed by atoms with Crippen molar-refractivity contribution in [2.75, 3.05) is 7.05 Å². The van der Waals surface area contributed by atoms with E-state index in [1.165, 1.54) is 11.8 Å². The SMILES string of the molecule is CCC[C@@H](C(=O)OCc1ccccc1)N(C)C(=O)c1ccc2cccc(OC(C)=O)c2n1. The number of hydrogen-bond donors (Lipinski definition) is 0. The van der Waals surface area contributed by atoms with Gasteiger partial charge < -0.3 is 14.4 Å². The number of pyridine rings is 1. The molecule has 0 radical (unpaired) electrons. The second-order valence-electron chi connectivity index (χ2n) is 7.43. The number of esters is 2. The summed E-state index contributed by atoms with van der Waals surface area (Å²) in [6.07, 6.45) is 1.16. The van der Waals surface area contributed by atoms with Crippen molar-refractivity contribution in [3.8, 4) is 5.75 Å². The Labute approximate surface area is 187 Å². The summed E-state index contributed by atoms with van der Waals surface area (Å²) in [5.41, 5.74) is 1.43. The highest BCUT2D eigenvalue weighted by Gasteiger charge is 2.29. The van der Waals surface area contributed by atoms with Crippen molar-refractivity contribution in [1.82, 2.24) is 9.88 Å². The largest absolute Gasteiger partial charge is 0.459 e. The summed E-state index contributed by atoms with van der Waals surface area (Å²) in [4.78, 5) is 43.1. The van der Waals surface area contributed by atoms with E-state index in [-0.39, 0.29) is 18.1 Å². The second-order valence-corrected chi connectivity index (χ2v) is 7.43. The van der Waals surface area contributed by atoms with Crippen LogP contribution in [0.3, 0.4) is 0 Å². The number of amides is 1. The van der Waals surface area contributed by atoms with E-state index in [4.69, 9.17) is 9.47 Å². The summed E-state index contributed by atoms with van der Waals surface area (Å²) in [6, 6.07) is 17.2. The van der Waals surface area contributed by atoms with Crippen LogP contribution >= 0.6 is 0 Å². The number of carbonyl (C=O) groups is 3. The van der Waals surface area contributed by atoms with Crippen LogP contribution in [0, 0.1) is 0 Å². The molecule has 3 rings (SSSR count). The number of likely N-dealkylation sites (N-methyl/N-ethyl adjacent to an activating group) is 1. The molecule has 32 heavy (non-hydrogen) atoms. The van der Waals surface area contributed by atoms with Crippen molar-refractivity contribution in [3.05, 3.63) is 71.9 Å². The van der Waals surface area contributed by atoms with Crippen LogP contribution < -0.4 is 4.74 Å². The summed E-state index contributed by atoms with van der Waals surface area (Å²) in [5.74, 6) is -1.08. The predicted molar refractivity (Wildman–Crippen MR) is 120 cm³/mol. The maximum absolute atomic E-state index is 13.2. The van der Waals surface area contributed by atoms with E-state index in [0.29, 0.717) is 18.4 Å². The number of hydrogen-bond acceptors (Lipinski definition) is 6. The summed E-state index contributed by atoms with van der Waals surface area (Å²) in [5, 5.41) is 0.732. The highest BCUT2D eigenvalue weighted by Crippen LogP contribution is 2.25. The Hall–Kier alpha value is -3.74. The molecule has 1 aromatic heterocycles. The molecule has 3 aromatic rings. The van der Waals surface area contributed by atoms with Crippen molar-refractivity contribution >= 4 is 28.7 Å². The highest BCUT2D eigenvalue weighted by molar-refractivity contribution is 5.98. The van der Waals surface area contributed by atoms with E-state index in [1.54, 1.807) is 31.3 Å². The van der Waals surface area contributed by atoms with Gasteiger partial charge in [-0.25, -0.2) is 9.78 Å². The average molecular weight is 434 g/mol. The molecule has 166 valence electrons. The fraction of sp³-hybridized carbons (Fsp3) is 0.280. The lowest BCUT2D eigenvalue weighted by Gasteiger charge is -2.26. The monoisotopic (exact) mass is 434 g/mol. The molecule has 7 nitrogen and oxygen atoms in total. The van der Waals surface area contributed by atoms with Gasteiger partial charge in [0.2, 0.25) is 0 Å². The van der Waals surface area contributed by atoms with Crippen LogP contribution in [-0.4, -0.2) is 40.8 Å². The molecule has 2 aromatic carbocycles. The van der Waals surface area contributed by atoms with Gasteiger partial charge in [-0.1, -0.05) is 61.9 Å². The Kier molecular flexibility index (Phi) is 7.54. The number of fused-ring (bicyclic) bond motifs is 1. The summed E-state index contributed by atoms with van der Waals surface area (Å²) < 4.78 is 10.7. The first kappa shape index (κ1) is 22.9. The predicted octanol–water partition coefficient (Wildman–Crippen LogP) is 4.14. The molecule has 7 heteroatoms. The molecule has 0 bridgehead atoms. The Morgan fingerprint density at radius 2 is 1.75 bits per heavy atom. The van der Waals surface area contributed by atoms with Gasteiger partial charge >= 0.3 is 11.9 Å². The van der Waals surface area contributed by atoms with Gasteiger partial charge in [-0.2, -0.15) is 0 Å². The van der Waals surface area contributed by atoms with E-state index in [1.807, 2.05) is 43.3 Å². The third-order valence-electron chi connectivity index (χ3n) is 5.00. The van der Waals surface area contributed by atoms with Gasteiger partial charge in [-0.3, -0.25) is 9.59 Å². The highest BCUT2D eigenvalue weighted by atomic mass is 16.5. The standard InChI is InChI=1S/C25H26N2O5/c1-4-9-21(25(30)31-16-18-10-6-5-7-11-18)27(3)24(29)20-15-14-19-12-8-13-22(23(19)26-20)32-17(2)28/h5-8,10-15,21H,4,9,16H2,1-3H3/t21-/m0/s1. The van der Waals surface area contributed by atoms with Gasteiger partial charge in [0.05, 0.1) is 0 Å². The van der Waals surface area contributed by atoms with Gasteiger partial charge in [-0.15, -0.1) is 0 Å². The minimum absolute atomic E-state index is 0.141. The van der Waals surface area contributed by atoms with E-state index < -0.39 is 23.9 Å². The van der Waals surface area contributed by atoms with Crippen LogP contribution in [0.4, 0.5) is 0 Å². The molecular weight excluding hydrogens is 408 g/mol. The van der Waals surface area contributed by atoms with Crippen LogP contribution in [0.5, 0.6) is 5.75 Å². The number of ether oxygens (including phenoxy) is 2. The van der Waals surface area contributed by atoms with Gasteiger partial charge in [0.15, 0.2) is 5.75 Å². The van der Waals surface area contributed by atoms with E-state index in [9.17, 15) is 14.4 Å². The van der Waals surface area contributed by atoms with E-state index in [0.717, 1.165) is 10.9 Å². The number of benzene rings is 2. The molecule has 1 heterocycles. The molecule has 0 N–H and O–H groups in total. The maximum atomic E-state index is 13.2. The number of carbonyl (C=O) groups excluding carboxylic acids is 3. The first-order valence-electron chi connectivity index (χ1n) is 10.5. The lowest BCUT2D eigenvalue weighted by Crippen LogP contribution is -2.43. The second kappa shape index (κ2) is 10.5. The first-order chi connectivity index (χ1) is 15.4. The van der Waals surface area contributed by atoms with Crippen LogP contribution in [0.25, 0.3) is 10.9 Å². The molecule has 1 atom stereocenters. The molecule has 0 spiro atoms. The smallest absolute Gasteiger partial charge is 0.329 e. The molecule has 0 saturated heterocycles. The zero-order valence-corrected chi connectivity index (χ0v) is 18.4. The fourth-order valence-electron chi connectivity index (χ4n) is 3.37. The summed E-state index contributed by atoms with van der Waals surface area (Å²) in [6.45, 7) is 3.38. The van der Waals surface area contributed by atoms with Gasteiger partial charge in [0.25, 0.3) is 5.91 Å². The summed E-state index contributed by atoms with van der Waals surface area (Å²) in [7, 11) is 1.57. The van der Waals surface area contributed by atoms with Crippen molar-refractivity contribution in [2.24, 2.45) is 0 Å². The number of para-hydroxylation sites is 1. The minimum Gasteiger partial charge on any atom is -0.459 e. The van der Waals surface area contributed by atoms with Crippen LogP contribution in [0.15, 0.2) is 60.7 Å². The molecule has 0 aliphatic heterocycles. The topological polar surface area (TPSA) is 85.8 Å². The van der Waals surface area contributed by atoms with Crippen LogP contribution in [0.1, 0.15) is 42.7 Å². The fourth-order valence-corrected chi connectivity index (χ4v) is 3.37. The Morgan fingerprint density at radius 3 is 2.44 bits per heavy atom. The molecular formula is C25H26N2O5. The molecule has 1 amide bonds. The lowest BCUT2D eigenvalue weighted by molar-refractivity contribution is -0.150. The lowest BCUT2D eigenvalue weighted by atomic mass is 10.1. The molecule has 0 aliphatic rings. The van der Waals surface area contributed by atoms with Crippen molar-refractivity contribution in [3.63, 3.8) is 0 Å². The molecule has 0 saturated carbocycles. The third kappa shape index (κ3) is 5.49. The minimum atomic E-state index is -0.738. The molecule has 0 fully saturated rings. The van der Waals surface area contributed by atoms with Crippen LogP contribution in [-0.2, 0) is 20.9 Å². The molecule has 0 aliphatic carbocycles.